The van der Waals surface area contributed by atoms with Crippen molar-refractivity contribution in [1.82, 2.24) is 10.6 Å². The lowest BCUT2D eigenvalue weighted by Crippen LogP contribution is -2.28. The first-order chi connectivity index (χ1) is 4.24. The second-order valence-corrected chi connectivity index (χ2v) is 1.59. The Kier molecular flexibility index (Phi) is 1.35. The number of imide groups is 1. The van der Waals surface area contributed by atoms with Crippen molar-refractivity contribution in [2.75, 3.05) is 0 Å². The van der Waals surface area contributed by atoms with Gasteiger partial charge in [0.2, 0.25) is 0 Å². The molecular formula is C4H5N2O3. The smallest absolute Gasteiger partial charge is 0.322 e. The van der Waals surface area contributed by atoms with E-state index in [0.717, 1.165) is 0 Å². The fourth-order valence-corrected chi connectivity index (χ4v) is 0.537. The summed E-state index contributed by atoms with van der Waals surface area (Å²) in [5.41, 5.74) is 0. The minimum Gasteiger partial charge on any atom is -0.388 e. The number of hydrogen-bond acceptors (Lipinski definition) is 3. The molecule has 1 rings (SSSR count). The van der Waals surface area contributed by atoms with Crippen LogP contribution in [0.15, 0.2) is 0 Å². The maximum absolute atomic E-state index is 10.4. The molecule has 9 heavy (non-hydrogen) atoms. The molecule has 0 bridgehead atoms. The molecule has 3 N–H and O–H groups in total. The van der Waals surface area contributed by atoms with E-state index >= 15 is 0 Å². The molecule has 1 saturated heterocycles. The molecule has 3 amide bonds. The molecule has 0 aromatic rings. The van der Waals surface area contributed by atoms with Crippen LogP contribution < -0.4 is 10.6 Å². The van der Waals surface area contributed by atoms with Gasteiger partial charge in [-0.2, -0.15) is 0 Å². The van der Waals surface area contributed by atoms with Gasteiger partial charge in [-0.1, -0.05) is 0 Å². The lowest BCUT2D eigenvalue weighted by atomic mass is 10.3. The Morgan fingerprint density at radius 1 is 1.56 bits per heavy atom. The fraction of sp³-hybridized carbons (Fsp3) is 0.250. The molecule has 49 valence electrons. The quantitative estimate of drug-likeness (QED) is 0.386. The van der Waals surface area contributed by atoms with Gasteiger partial charge in [-0.3, -0.25) is 10.1 Å². The Labute approximate surface area is 51.0 Å². The molecule has 1 atom stereocenters. The van der Waals surface area contributed by atoms with Crippen molar-refractivity contribution in [2.45, 2.75) is 6.04 Å². The molecule has 5 nitrogen and oxygen atoms in total. The van der Waals surface area contributed by atoms with Gasteiger partial charge in [-0.05, 0) is 0 Å². The van der Waals surface area contributed by atoms with E-state index in [0.29, 0.717) is 6.61 Å². The highest BCUT2D eigenvalue weighted by molar-refractivity contribution is 6.04. The van der Waals surface area contributed by atoms with E-state index < -0.39 is 18.0 Å². The highest BCUT2D eigenvalue weighted by Crippen LogP contribution is 1.92. The first-order valence-electron chi connectivity index (χ1n) is 2.33. The zero-order valence-electron chi connectivity index (χ0n) is 4.42. The van der Waals surface area contributed by atoms with Gasteiger partial charge < -0.3 is 10.4 Å². The van der Waals surface area contributed by atoms with Gasteiger partial charge in [0.1, 0.15) is 12.6 Å². The topological polar surface area (TPSA) is 78.4 Å². The van der Waals surface area contributed by atoms with Gasteiger partial charge >= 0.3 is 6.03 Å². The van der Waals surface area contributed by atoms with Crippen molar-refractivity contribution in [2.24, 2.45) is 0 Å². The van der Waals surface area contributed by atoms with Crippen LogP contribution >= 0.6 is 0 Å². The number of aliphatic hydroxyl groups excluding tert-OH is 1. The molecule has 0 saturated carbocycles. The Bertz CT molecular complexity index is 156. The fourth-order valence-electron chi connectivity index (χ4n) is 0.537. The van der Waals surface area contributed by atoms with Crippen molar-refractivity contribution >= 4 is 11.9 Å². The minimum absolute atomic E-state index is 0.525. The molecule has 1 fully saturated rings. The average molecular weight is 129 g/mol. The first-order valence-corrected chi connectivity index (χ1v) is 2.33. The summed E-state index contributed by atoms with van der Waals surface area (Å²) in [7, 11) is 0. The molecule has 0 aromatic carbocycles. The SMILES string of the molecule is O=C1NC(=O)C([CH]O)N1. The maximum Gasteiger partial charge on any atom is 0.322 e. The highest BCUT2D eigenvalue weighted by Gasteiger charge is 2.28. The van der Waals surface area contributed by atoms with E-state index in [9.17, 15) is 9.59 Å². The normalized spacial score (nSPS) is 25.7. The summed E-state index contributed by atoms with van der Waals surface area (Å²) in [6.07, 6.45) is 0. The summed E-state index contributed by atoms with van der Waals surface area (Å²) in [5.74, 6) is -0.525. The largest absolute Gasteiger partial charge is 0.388 e. The van der Waals surface area contributed by atoms with E-state index in [-0.39, 0.29) is 0 Å². The van der Waals surface area contributed by atoms with Gasteiger partial charge in [0.05, 0.1) is 0 Å². The monoisotopic (exact) mass is 129 g/mol. The summed E-state index contributed by atoms with van der Waals surface area (Å²) in [6.45, 7) is 0.625. The maximum atomic E-state index is 10.4. The van der Waals surface area contributed by atoms with E-state index in [4.69, 9.17) is 5.11 Å². The third-order valence-corrected chi connectivity index (χ3v) is 0.955. The number of urea groups is 1. The zero-order chi connectivity index (χ0) is 6.85. The number of rotatable bonds is 1. The molecule has 1 heterocycles. The molecule has 0 spiro atoms. The van der Waals surface area contributed by atoms with Crippen LogP contribution in [0.3, 0.4) is 0 Å². The van der Waals surface area contributed by atoms with Gasteiger partial charge in [0.25, 0.3) is 5.91 Å². The summed E-state index contributed by atoms with van der Waals surface area (Å²) in [5, 5.41) is 12.3. The molecule has 1 radical (unpaired) electrons. The number of carbonyl (C=O) groups is 2. The summed E-state index contributed by atoms with van der Waals surface area (Å²) < 4.78 is 0. The second kappa shape index (κ2) is 2.02. The van der Waals surface area contributed by atoms with Crippen molar-refractivity contribution in [1.29, 1.82) is 0 Å². The molecule has 0 aliphatic carbocycles. The van der Waals surface area contributed by atoms with Crippen LogP contribution in [0.25, 0.3) is 0 Å². The molecule has 1 aliphatic rings. The summed E-state index contributed by atoms with van der Waals surface area (Å²) >= 11 is 0. The van der Waals surface area contributed by atoms with E-state index in [1.807, 2.05) is 5.32 Å². The van der Waals surface area contributed by atoms with Crippen LogP contribution in [0.5, 0.6) is 0 Å². The molecular weight excluding hydrogens is 124 g/mol. The van der Waals surface area contributed by atoms with E-state index in [1.165, 1.54) is 0 Å². The molecule has 1 unspecified atom stereocenters. The number of aliphatic hydroxyl groups is 1. The Balaban J connectivity index is 2.58. The number of amides is 3. The number of hydrogen-bond donors (Lipinski definition) is 3. The highest BCUT2D eigenvalue weighted by atomic mass is 16.3. The summed E-state index contributed by atoms with van der Waals surface area (Å²) in [4.78, 5) is 20.7. The first kappa shape index (κ1) is 6.03. The third kappa shape index (κ3) is 0.996. The van der Waals surface area contributed by atoms with Gasteiger partial charge in [0, 0.05) is 0 Å². The van der Waals surface area contributed by atoms with E-state index in [2.05, 4.69) is 5.32 Å². The lowest BCUT2D eigenvalue weighted by Gasteiger charge is -1.96. The second-order valence-electron chi connectivity index (χ2n) is 1.59. The van der Waals surface area contributed by atoms with Crippen molar-refractivity contribution in [3.63, 3.8) is 0 Å². The van der Waals surface area contributed by atoms with Crippen LogP contribution in [0.1, 0.15) is 0 Å². The minimum atomic E-state index is -0.877. The average Bonchev–Trinajstić information content (AvgIpc) is 2.10. The summed E-state index contributed by atoms with van der Waals surface area (Å²) in [6, 6.07) is -1.45. The molecule has 0 aromatic heterocycles. The Hall–Kier alpha value is -1.10. The van der Waals surface area contributed by atoms with Crippen LogP contribution in [0.2, 0.25) is 0 Å². The predicted molar refractivity (Wildman–Crippen MR) is 26.7 cm³/mol. The number of carbonyl (C=O) groups excluding carboxylic acids is 2. The van der Waals surface area contributed by atoms with Crippen molar-refractivity contribution < 1.29 is 14.7 Å². The van der Waals surface area contributed by atoms with Crippen molar-refractivity contribution in [3.05, 3.63) is 6.61 Å². The number of nitrogens with one attached hydrogen (secondary N) is 2. The van der Waals surface area contributed by atoms with E-state index in [1.54, 1.807) is 0 Å². The predicted octanol–water partition coefficient (Wildman–Crippen LogP) is -1.27. The molecule has 5 heteroatoms. The van der Waals surface area contributed by atoms with Gasteiger partial charge in [0.15, 0.2) is 0 Å². The Morgan fingerprint density at radius 2 is 2.22 bits per heavy atom. The lowest BCUT2D eigenvalue weighted by molar-refractivity contribution is -0.120. The van der Waals surface area contributed by atoms with Crippen LogP contribution in [-0.2, 0) is 4.79 Å². The van der Waals surface area contributed by atoms with Crippen molar-refractivity contribution in [3.8, 4) is 0 Å². The van der Waals surface area contributed by atoms with Gasteiger partial charge in [-0.25, -0.2) is 4.79 Å². The van der Waals surface area contributed by atoms with Crippen LogP contribution in [0.4, 0.5) is 4.79 Å². The molecule has 1 aliphatic heterocycles. The van der Waals surface area contributed by atoms with Gasteiger partial charge in [-0.15, -0.1) is 0 Å². The Morgan fingerprint density at radius 3 is 2.44 bits per heavy atom. The van der Waals surface area contributed by atoms with Crippen LogP contribution in [0, 0.1) is 6.61 Å². The third-order valence-electron chi connectivity index (χ3n) is 0.955. The van der Waals surface area contributed by atoms with Crippen LogP contribution in [-0.4, -0.2) is 23.1 Å². The zero-order valence-corrected chi connectivity index (χ0v) is 4.42. The standard InChI is InChI=1S/C4H5N2O3/c7-1-2-3(8)6-4(9)5-2/h1-2,7H,(H2,5,6,8,9).